The Bertz CT molecular complexity index is 961. The Hall–Kier alpha value is -2.90. The van der Waals surface area contributed by atoms with Crippen molar-refractivity contribution >= 4 is 10.9 Å². The molecule has 0 aliphatic carbocycles. The second-order valence-corrected chi connectivity index (χ2v) is 7.14. The number of hydrogen-bond acceptors (Lipinski definition) is 4. The highest BCUT2D eigenvalue weighted by molar-refractivity contribution is 5.79. The van der Waals surface area contributed by atoms with Crippen LogP contribution in [0.3, 0.4) is 0 Å². The summed E-state index contributed by atoms with van der Waals surface area (Å²) >= 11 is 0. The number of hydrogen-bond donors (Lipinski definition) is 0. The number of likely N-dealkylation sites (tertiary alicyclic amines) is 1. The first-order valence-electron chi connectivity index (χ1n) is 9.52. The van der Waals surface area contributed by atoms with Crippen LogP contribution in [-0.4, -0.2) is 22.5 Å². The maximum absolute atomic E-state index is 9.10. The summed E-state index contributed by atoms with van der Waals surface area (Å²) in [7, 11) is 0. The Morgan fingerprint density at radius 3 is 2.78 bits per heavy atom. The molecule has 0 radical (unpaired) electrons. The molecule has 4 nitrogen and oxygen atoms in total. The largest absolute Gasteiger partial charge is 0.471 e. The van der Waals surface area contributed by atoms with E-state index in [1.165, 1.54) is 19.3 Å². The molecule has 2 heterocycles. The number of nitrogens with zero attached hydrogens (tertiary/aromatic N) is 3. The first kappa shape index (κ1) is 17.5. The summed E-state index contributed by atoms with van der Waals surface area (Å²) in [6.45, 7) is 3.28. The fraction of sp³-hybridized carbons (Fsp3) is 0.304. The Morgan fingerprint density at radius 1 is 1.15 bits per heavy atom. The quantitative estimate of drug-likeness (QED) is 0.655. The molecular formula is C23H23N3O. The lowest BCUT2D eigenvalue weighted by molar-refractivity contribution is -0.0196. The Morgan fingerprint density at radius 2 is 2.00 bits per heavy atom. The molecule has 0 N–H and O–H groups in total. The summed E-state index contributed by atoms with van der Waals surface area (Å²) in [5.74, 6) is 0.813. The summed E-state index contributed by atoms with van der Waals surface area (Å²) in [5, 5.41) is 10.2. The van der Waals surface area contributed by atoms with Gasteiger partial charge in [-0.1, -0.05) is 24.6 Å². The van der Waals surface area contributed by atoms with Crippen LogP contribution in [0.5, 0.6) is 5.75 Å². The molecule has 1 aliphatic heterocycles. The lowest BCUT2D eigenvalue weighted by Crippen LogP contribution is -2.42. The number of benzene rings is 2. The third kappa shape index (κ3) is 3.79. The summed E-state index contributed by atoms with van der Waals surface area (Å²) in [5.41, 5.74) is 2.67. The molecule has 1 aromatic heterocycles. The first-order chi connectivity index (χ1) is 13.2. The van der Waals surface area contributed by atoms with Gasteiger partial charge in [-0.2, -0.15) is 5.26 Å². The molecule has 27 heavy (non-hydrogen) atoms. The highest BCUT2D eigenvalue weighted by Crippen LogP contribution is 2.32. The molecule has 0 saturated carbocycles. The normalized spacial score (nSPS) is 18.7. The molecule has 1 saturated heterocycles. The van der Waals surface area contributed by atoms with Crippen LogP contribution in [0, 0.1) is 11.3 Å². The van der Waals surface area contributed by atoms with Gasteiger partial charge >= 0.3 is 0 Å². The van der Waals surface area contributed by atoms with Gasteiger partial charge in [0.25, 0.3) is 0 Å². The van der Waals surface area contributed by atoms with Crippen molar-refractivity contribution in [2.75, 3.05) is 6.54 Å². The van der Waals surface area contributed by atoms with E-state index in [1.54, 1.807) is 6.20 Å². The van der Waals surface area contributed by atoms with Crippen molar-refractivity contribution in [3.63, 3.8) is 0 Å². The minimum absolute atomic E-state index is 0.172. The van der Waals surface area contributed by atoms with Gasteiger partial charge in [-0.15, -0.1) is 0 Å². The molecule has 0 amide bonds. The molecule has 2 unspecified atom stereocenters. The van der Waals surface area contributed by atoms with Crippen LogP contribution in [0.2, 0.25) is 0 Å². The summed E-state index contributed by atoms with van der Waals surface area (Å²) in [4.78, 5) is 6.87. The van der Waals surface area contributed by atoms with Crippen LogP contribution in [0.4, 0.5) is 0 Å². The maximum atomic E-state index is 9.10. The summed E-state index contributed by atoms with van der Waals surface area (Å²) in [6, 6.07) is 20.4. The van der Waals surface area contributed by atoms with Gasteiger partial charge in [-0.25, -0.2) is 0 Å². The molecule has 3 aromatic rings. The lowest BCUT2D eigenvalue weighted by atomic mass is 10.0. The van der Waals surface area contributed by atoms with E-state index < -0.39 is 0 Å². The Balaban J connectivity index is 1.68. The molecule has 4 rings (SSSR count). The minimum atomic E-state index is -0.172. The van der Waals surface area contributed by atoms with E-state index in [9.17, 15) is 0 Å². The molecule has 1 fully saturated rings. The summed E-state index contributed by atoms with van der Waals surface area (Å²) < 4.78 is 6.50. The third-order valence-corrected chi connectivity index (χ3v) is 5.31. The van der Waals surface area contributed by atoms with E-state index in [1.807, 2.05) is 48.5 Å². The minimum Gasteiger partial charge on any atom is -0.471 e. The van der Waals surface area contributed by atoms with E-state index in [0.717, 1.165) is 28.8 Å². The van der Waals surface area contributed by atoms with Crippen LogP contribution in [0.25, 0.3) is 10.9 Å². The van der Waals surface area contributed by atoms with E-state index in [-0.39, 0.29) is 6.23 Å². The average molecular weight is 357 g/mol. The molecule has 2 aromatic carbocycles. The van der Waals surface area contributed by atoms with Crippen LogP contribution in [0.15, 0.2) is 60.8 Å². The standard InChI is InChI=1S/C23H23N3O/c1-17-5-2-3-14-26(17)23(20-9-7-18(16-24)8-10-20)27-21-12-11-19-6-4-13-25-22(19)15-21/h4,6-13,15,17,23H,2-3,5,14H2,1H3. The average Bonchev–Trinajstić information content (AvgIpc) is 2.73. The number of aromatic nitrogens is 1. The number of pyridine rings is 1. The molecule has 2 atom stereocenters. The van der Waals surface area contributed by atoms with Gasteiger partial charge in [0.05, 0.1) is 17.1 Å². The molecule has 136 valence electrons. The van der Waals surface area contributed by atoms with Crippen molar-refractivity contribution in [2.45, 2.75) is 38.5 Å². The molecule has 0 bridgehead atoms. The van der Waals surface area contributed by atoms with E-state index >= 15 is 0 Å². The lowest BCUT2D eigenvalue weighted by Gasteiger charge is -2.39. The van der Waals surface area contributed by atoms with Crippen molar-refractivity contribution in [3.05, 3.63) is 71.9 Å². The number of piperidine rings is 1. The van der Waals surface area contributed by atoms with Crippen LogP contribution >= 0.6 is 0 Å². The smallest absolute Gasteiger partial charge is 0.179 e. The maximum Gasteiger partial charge on any atom is 0.179 e. The SMILES string of the molecule is CC1CCCCN1C(Oc1ccc2cccnc2c1)c1ccc(C#N)cc1. The van der Waals surface area contributed by atoms with Crippen molar-refractivity contribution in [2.24, 2.45) is 0 Å². The van der Waals surface area contributed by atoms with Gasteiger partial charge in [0, 0.05) is 35.8 Å². The van der Waals surface area contributed by atoms with Gasteiger partial charge in [0.2, 0.25) is 0 Å². The van der Waals surface area contributed by atoms with Crippen molar-refractivity contribution in [1.82, 2.24) is 9.88 Å². The number of ether oxygens (including phenoxy) is 1. The molecule has 4 heteroatoms. The van der Waals surface area contributed by atoms with Gasteiger partial charge in [-0.3, -0.25) is 9.88 Å². The highest BCUT2D eigenvalue weighted by atomic mass is 16.5. The highest BCUT2D eigenvalue weighted by Gasteiger charge is 2.29. The van der Waals surface area contributed by atoms with Gasteiger partial charge in [0.1, 0.15) is 5.75 Å². The van der Waals surface area contributed by atoms with Gasteiger partial charge in [0.15, 0.2) is 6.23 Å². The van der Waals surface area contributed by atoms with Gasteiger partial charge < -0.3 is 4.74 Å². The molecule has 0 spiro atoms. The number of rotatable bonds is 4. The Labute approximate surface area is 160 Å². The Kier molecular flexibility index (Phi) is 5.04. The molecular weight excluding hydrogens is 334 g/mol. The third-order valence-electron chi connectivity index (χ3n) is 5.31. The number of nitriles is 1. The van der Waals surface area contributed by atoms with E-state index in [4.69, 9.17) is 10.00 Å². The summed E-state index contributed by atoms with van der Waals surface area (Å²) in [6.07, 6.45) is 5.25. The van der Waals surface area contributed by atoms with Crippen LogP contribution in [0.1, 0.15) is 43.5 Å². The van der Waals surface area contributed by atoms with E-state index in [0.29, 0.717) is 11.6 Å². The van der Waals surface area contributed by atoms with Crippen molar-refractivity contribution < 1.29 is 4.74 Å². The molecule has 1 aliphatic rings. The predicted molar refractivity (Wildman–Crippen MR) is 106 cm³/mol. The van der Waals surface area contributed by atoms with Gasteiger partial charge in [-0.05, 0) is 50.1 Å². The second-order valence-electron chi connectivity index (χ2n) is 7.14. The van der Waals surface area contributed by atoms with Crippen molar-refractivity contribution in [3.8, 4) is 11.8 Å². The number of fused-ring (bicyclic) bond motifs is 1. The van der Waals surface area contributed by atoms with Crippen LogP contribution < -0.4 is 4.74 Å². The fourth-order valence-electron chi connectivity index (χ4n) is 3.77. The zero-order valence-electron chi connectivity index (χ0n) is 15.5. The first-order valence-corrected chi connectivity index (χ1v) is 9.52. The topological polar surface area (TPSA) is 49.1 Å². The van der Waals surface area contributed by atoms with Crippen molar-refractivity contribution in [1.29, 1.82) is 5.26 Å². The second kappa shape index (κ2) is 7.77. The monoisotopic (exact) mass is 357 g/mol. The van der Waals surface area contributed by atoms with E-state index in [2.05, 4.69) is 28.9 Å². The fourth-order valence-corrected chi connectivity index (χ4v) is 3.77. The zero-order chi connectivity index (χ0) is 18.6. The zero-order valence-corrected chi connectivity index (χ0v) is 15.5. The van der Waals surface area contributed by atoms with Crippen LogP contribution in [-0.2, 0) is 0 Å². The predicted octanol–water partition coefficient (Wildman–Crippen LogP) is 5.06.